The van der Waals surface area contributed by atoms with Crippen LogP contribution in [0, 0.1) is 22.7 Å². The number of H-pyrrole nitrogens is 1. The van der Waals surface area contributed by atoms with Gasteiger partial charge in [-0.25, -0.2) is 0 Å². The number of alkyl halides is 5. The topological polar surface area (TPSA) is 118 Å². The SMILES string of the molecule is N#C[C@H](C[C@@H]1CC2(CC2)NC1=O)NC(=O)C1CC2(CN1C(=O)c1ccc(C(F)(F)F)[nH]1)CC(Cl)(Cl)C2. The van der Waals surface area contributed by atoms with Crippen molar-refractivity contribution in [1.29, 1.82) is 5.26 Å². The fourth-order valence-corrected chi connectivity index (χ4v) is 7.12. The normalized spacial score (nSPS) is 27.9. The quantitative estimate of drug-likeness (QED) is 0.492. The van der Waals surface area contributed by atoms with E-state index in [1.807, 2.05) is 6.07 Å². The zero-order valence-corrected chi connectivity index (χ0v) is 20.6. The van der Waals surface area contributed by atoms with Crippen molar-refractivity contribution in [2.24, 2.45) is 11.3 Å². The van der Waals surface area contributed by atoms with Crippen LogP contribution in [0.1, 0.15) is 61.1 Å². The molecule has 4 aliphatic rings. The van der Waals surface area contributed by atoms with Gasteiger partial charge in [0.1, 0.15) is 27.8 Å². The lowest BCUT2D eigenvalue weighted by Crippen LogP contribution is -2.49. The van der Waals surface area contributed by atoms with Crippen LogP contribution >= 0.6 is 23.2 Å². The number of aromatic nitrogens is 1. The van der Waals surface area contributed by atoms with Gasteiger partial charge in [-0.2, -0.15) is 18.4 Å². The van der Waals surface area contributed by atoms with Crippen molar-refractivity contribution < 1.29 is 27.6 Å². The second-order valence-electron chi connectivity index (χ2n) is 10.7. The van der Waals surface area contributed by atoms with Gasteiger partial charge in [0.05, 0.1) is 6.07 Å². The fraction of sp³-hybridized carbons (Fsp3) is 0.652. The van der Waals surface area contributed by atoms with Crippen molar-refractivity contribution in [2.75, 3.05) is 6.54 Å². The number of carbonyl (C=O) groups excluding carboxylic acids is 3. The molecule has 0 bridgehead atoms. The predicted molar refractivity (Wildman–Crippen MR) is 122 cm³/mol. The summed E-state index contributed by atoms with van der Waals surface area (Å²) in [4.78, 5) is 42.1. The summed E-state index contributed by atoms with van der Waals surface area (Å²) < 4.78 is 38.1. The highest BCUT2D eigenvalue weighted by atomic mass is 35.5. The highest BCUT2D eigenvalue weighted by Crippen LogP contribution is 2.60. The molecule has 36 heavy (non-hydrogen) atoms. The zero-order chi connectivity index (χ0) is 26.1. The first-order chi connectivity index (χ1) is 16.7. The van der Waals surface area contributed by atoms with Crippen molar-refractivity contribution in [2.45, 2.75) is 73.1 Å². The molecule has 5 rings (SSSR count). The van der Waals surface area contributed by atoms with Crippen molar-refractivity contribution >= 4 is 40.9 Å². The summed E-state index contributed by atoms with van der Waals surface area (Å²) in [6.07, 6.45) is -1.25. The lowest BCUT2D eigenvalue weighted by Gasteiger charge is -2.47. The average Bonchev–Trinajstić information content (AvgIpc) is 3.12. The molecule has 2 aliphatic heterocycles. The van der Waals surface area contributed by atoms with Gasteiger partial charge in [0, 0.05) is 18.0 Å². The minimum atomic E-state index is -4.65. The summed E-state index contributed by atoms with van der Waals surface area (Å²) in [5.74, 6) is -1.90. The van der Waals surface area contributed by atoms with Gasteiger partial charge >= 0.3 is 6.18 Å². The Morgan fingerprint density at radius 1 is 1.25 bits per heavy atom. The van der Waals surface area contributed by atoms with Gasteiger partial charge in [0.15, 0.2) is 0 Å². The molecule has 2 spiro atoms. The van der Waals surface area contributed by atoms with Crippen LogP contribution in [0.15, 0.2) is 12.1 Å². The van der Waals surface area contributed by atoms with Crippen LogP contribution in [0.2, 0.25) is 0 Å². The van der Waals surface area contributed by atoms with Crippen LogP contribution < -0.4 is 10.6 Å². The van der Waals surface area contributed by atoms with Crippen LogP contribution in [0.25, 0.3) is 0 Å². The van der Waals surface area contributed by atoms with Crippen LogP contribution in [0.4, 0.5) is 13.2 Å². The van der Waals surface area contributed by atoms with E-state index in [0.717, 1.165) is 25.0 Å². The van der Waals surface area contributed by atoms with Crippen LogP contribution in [-0.4, -0.2) is 56.1 Å². The molecule has 3 heterocycles. The van der Waals surface area contributed by atoms with E-state index in [1.54, 1.807) is 0 Å². The lowest BCUT2D eigenvalue weighted by atomic mass is 9.66. The van der Waals surface area contributed by atoms with E-state index in [2.05, 4.69) is 15.6 Å². The number of nitriles is 1. The Balaban J connectivity index is 1.31. The summed E-state index contributed by atoms with van der Waals surface area (Å²) in [7, 11) is 0. The molecule has 2 saturated carbocycles. The lowest BCUT2D eigenvalue weighted by molar-refractivity contribution is -0.140. The third-order valence-electron chi connectivity index (χ3n) is 7.80. The first-order valence-corrected chi connectivity index (χ1v) is 12.5. The maximum Gasteiger partial charge on any atom is 0.431 e. The molecule has 4 fully saturated rings. The molecular weight excluding hydrogens is 522 g/mol. The molecule has 0 aromatic carbocycles. The van der Waals surface area contributed by atoms with E-state index in [0.29, 0.717) is 19.3 Å². The van der Waals surface area contributed by atoms with Gasteiger partial charge in [-0.05, 0) is 62.5 Å². The smallest absolute Gasteiger partial charge is 0.350 e. The van der Waals surface area contributed by atoms with E-state index in [1.165, 1.54) is 4.90 Å². The number of halogens is 5. The number of hydrogen-bond acceptors (Lipinski definition) is 4. The Morgan fingerprint density at radius 3 is 2.47 bits per heavy atom. The number of carbonyl (C=O) groups is 3. The molecule has 194 valence electrons. The van der Waals surface area contributed by atoms with E-state index in [9.17, 15) is 32.8 Å². The van der Waals surface area contributed by atoms with Gasteiger partial charge in [0.2, 0.25) is 11.8 Å². The molecule has 3 atom stereocenters. The van der Waals surface area contributed by atoms with Crippen molar-refractivity contribution in [1.82, 2.24) is 20.5 Å². The number of likely N-dealkylation sites (tertiary alicyclic amines) is 1. The first kappa shape index (κ1) is 25.2. The summed E-state index contributed by atoms with van der Waals surface area (Å²) in [5, 5.41) is 15.2. The van der Waals surface area contributed by atoms with Gasteiger partial charge < -0.3 is 20.5 Å². The molecule has 1 aromatic rings. The molecule has 1 aromatic heterocycles. The monoisotopic (exact) mass is 545 g/mol. The standard InChI is InChI=1S/C23H24Cl2F3N5O3/c24-22(25)9-20(10-22)7-15(33(11-20)19(36)14-1-2-16(31-14)23(26,27)28)18(35)30-13(8-29)5-12-6-21(3-4-21)32-17(12)34/h1-2,12-13,15,31H,3-7,9-11H2,(H,30,35)(H,32,34)/t12-,13+,15?/m1/s1. The van der Waals surface area contributed by atoms with Gasteiger partial charge in [0.25, 0.3) is 5.91 Å². The minimum absolute atomic E-state index is 0.0935. The highest BCUT2D eigenvalue weighted by molar-refractivity contribution is 6.49. The average molecular weight is 546 g/mol. The van der Waals surface area contributed by atoms with E-state index in [4.69, 9.17) is 23.2 Å². The summed E-state index contributed by atoms with van der Waals surface area (Å²) in [6.45, 7) is 0.0935. The molecule has 2 saturated heterocycles. The van der Waals surface area contributed by atoms with Crippen molar-refractivity contribution in [3.63, 3.8) is 0 Å². The minimum Gasteiger partial charge on any atom is -0.350 e. The van der Waals surface area contributed by atoms with Gasteiger partial charge in [-0.3, -0.25) is 14.4 Å². The molecule has 8 nitrogen and oxygen atoms in total. The van der Waals surface area contributed by atoms with E-state index in [-0.39, 0.29) is 36.5 Å². The van der Waals surface area contributed by atoms with Crippen LogP contribution in [-0.2, 0) is 15.8 Å². The van der Waals surface area contributed by atoms with Gasteiger partial charge in [-0.1, -0.05) is 0 Å². The predicted octanol–water partition coefficient (Wildman–Crippen LogP) is 3.27. The number of amides is 3. The van der Waals surface area contributed by atoms with E-state index >= 15 is 0 Å². The van der Waals surface area contributed by atoms with Gasteiger partial charge in [-0.15, -0.1) is 23.2 Å². The zero-order valence-electron chi connectivity index (χ0n) is 19.1. The van der Waals surface area contributed by atoms with Crippen molar-refractivity contribution in [3.8, 4) is 6.07 Å². The summed E-state index contributed by atoms with van der Waals surface area (Å²) in [5.41, 5.74) is -2.09. The third-order valence-corrected chi connectivity index (χ3v) is 8.34. The highest BCUT2D eigenvalue weighted by Gasteiger charge is 2.60. The molecule has 1 unspecified atom stereocenters. The Kier molecular flexibility index (Phi) is 5.80. The Labute approximate surface area is 214 Å². The molecule has 0 radical (unpaired) electrons. The second kappa shape index (κ2) is 8.28. The third kappa shape index (κ3) is 4.65. The van der Waals surface area contributed by atoms with Crippen LogP contribution in [0.5, 0.6) is 0 Å². The molecule has 3 amide bonds. The first-order valence-electron chi connectivity index (χ1n) is 11.7. The Bertz CT molecular complexity index is 1150. The number of nitrogens with one attached hydrogen (secondary N) is 3. The number of aromatic amines is 1. The maximum atomic E-state index is 13.3. The Morgan fingerprint density at radius 2 is 1.94 bits per heavy atom. The van der Waals surface area contributed by atoms with E-state index < -0.39 is 51.4 Å². The van der Waals surface area contributed by atoms with Crippen LogP contribution in [0.3, 0.4) is 0 Å². The Hall–Kier alpha value is -2.45. The largest absolute Gasteiger partial charge is 0.431 e. The summed E-state index contributed by atoms with van der Waals surface area (Å²) in [6, 6.07) is 1.84. The maximum absolute atomic E-state index is 13.3. The fourth-order valence-electron chi connectivity index (χ4n) is 5.99. The molecule has 3 N–H and O–H groups in total. The number of rotatable bonds is 5. The number of hydrogen-bond donors (Lipinski definition) is 3. The summed E-state index contributed by atoms with van der Waals surface area (Å²) >= 11 is 12.4. The molecule has 13 heteroatoms. The number of nitrogens with zero attached hydrogens (tertiary/aromatic N) is 2. The van der Waals surface area contributed by atoms with Crippen molar-refractivity contribution in [3.05, 3.63) is 23.5 Å². The second-order valence-corrected chi connectivity index (χ2v) is 12.4. The molecule has 2 aliphatic carbocycles. The molecular formula is C23H24Cl2F3N5O3.